The SMILES string of the molecule is CCNC(CN1CCOC(C)C1)c1ccc(CC)cc1. The van der Waals surface area contributed by atoms with Crippen LogP contribution >= 0.6 is 0 Å². The Kier molecular flexibility index (Phi) is 6.02. The average molecular weight is 276 g/mol. The molecule has 0 aromatic heterocycles. The van der Waals surface area contributed by atoms with Gasteiger partial charge in [0, 0.05) is 25.7 Å². The van der Waals surface area contributed by atoms with Crippen LogP contribution in [0.15, 0.2) is 24.3 Å². The van der Waals surface area contributed by atoms with E-state index in [1.165, 1.54) is 11.1 Å². The number of likely N-dealkylation sites (N-methyl/N-ethyl adjacent to an activating group) is 1. The van der Waals surface area contributed by atoms with Gasteiger partial charge in [0.25, 0.3) is 0 Å². The Morgan fingerprint density at radius 3 is 2.65 bits per heavy atom. The second-order valence-electron chi connectivity index (χ2n) is 5.65. The summed E-state index contributed by atoms with van der Waals surface area (Å²) in [6.45, 7) is 11.5. The van der Waals surface area contributed by atoms with Gasteiger partial charge in [-0.2, -0.15) is 0 Å². The molecule has 20 heavy (non-hydrogen) atoms. The van der Waals surface area contributed by atoms with E-state index in [0.29, 0.717) is 12.1 Å². The number of ether oxygens (including phenoxy) is 1. The Balaban J connectivity index is 2.01. The van der Waals surface area contributed by atoms with Crippen molar-refractivity contribution in [1.29, 1.82) is 0 Å². The molecule has 112 valence electrons. The molecule has 0 saturated carbocycles. The molecule has 0 bridgehead atoms. The highest BCUT2D eigenvalue weighted by molar-refractivity contribution is 5.25. The van der Waals surface area contributed by atoms with E-state index in [1.807, 2.05) is 0 Å². The van der Waals surface area contributed by atoms with Crippen LogP contribution in [0.1, 0.15) is 37.9 Å². The molecule has 1 aromatic rings. The molecule has 0 amide bonds. The third-order valence-electron chi connectivity index (χ3n) is 4.01. The lowest BCUT2D eigenvalue weighted by Crippen LogP contribution is -2.45. The molecule has 1 aliphatic rings. The zero-order valence-electron chi connectivity index (χ0n) is 13.1. The van der Waals surface area contributed by atoms with Crippen molar-refractivity contribution in [1.82, 2.24) is 10.2 Å². The number of hydrogen-bond donors (Lipinski definition) is 1. The Labute approximate surface area is 123 Å². The second-order valence-corrected chi connectivity index (χ2v) is 5.65. The summed E-state index contributed by atoms with van der Waals surface area (Å²) in [6, 6.07) is 9.46. The molecular formula is C17H28N2O. The maximum absolute atomic E-state index is 5.62. The molecule has 1 aromatic carbocycles. The predicted octanol–water partition coefficient (Wildman–Crippen LogP) is 2.62. The van der Waals surface area contributed by atoms with E-state index >= 15 is 0 Å². The lowest BCUT2D eigenvalue weighted by atomic mass is 10.0. The first-order valence-corrected chi connectivity index (χ1v) is 7.89. The summed E-state index contributed by atoms with van der Waals surface area (Å²) in [5.41, 5.74) is 2.80. The average Bonchev–Trinajstić information content (AvgIpc) is 2.47. The van der Waals surface area contributed by atoms with Gasteiger partial charge in [0.05, 0.1) is 12.7 Å². The van der Waals surface area contributed by atoms with Crippen molar-refractivity contribution in [3.63, 3.8) is 0 Å². The van der Waals surface area contributed by atoms with E-state index in [9.17, 15) is 0 Å². The van der Waals surface area contributed by atoms with E-state index in [1.54, 1.807) is 0 Å². The molecule has 3 heteroatoms. The highest BCUT2D eigenvalue weighted by atomic mass is 16.5. The molecule has 0 spiro atoms. The third kappa shape index (κ3) is 4.30. The minimum atomic E-state index is 0.355. The maximum atomic E-state index is 5.62. The van der Waals surface area contributed by atoms with Gasteiger partial charge in [-0.3, -0.25) is 4.90 Å². The second kappa shape index (κ2) is 7.77. The normalized spacial score (nSPS) is 21.9. The number of aryl methyl sites for hydroxylation is 1. The number of nitrogens with zero attached hydrogens (tertiary/aromatic N) is 1. The zero-order valence-corrected chi connectivity index (χ0v) is 13.1. The number of morpholine rings is 1. The van der Waals surface area contributed by atoms with E-state index in [4.69, 9.17) is 4.74 Å². The first-order chi connectivity index (χ1) is 9.72. The fraction of sp³-hybridized carbons (Fsp3) is 0.647. The van der Waals surface area contributed by atoms with E-state index in [2.05, 4.69) is 55.3 Å². The summed E-state index contributed by atoms with van der Waals surface area (Å²) < 4.78 is 5.62. The van der Waals surface area contributed by atoms with Crippen molar-refractivity contribution in [3.8, 4) is 0 Å². The van der Waals surface area contributed by atoms with Gasteiger partial charge in [0.2, 0.25) is 0 Å². The van der Waals surface area contributed by atoms with Crippen molar-refractivity contribution in [3.05, 3.63) is 35.4 Å². The molecule has 1 saturated heterocycles. The van der Waals surface area contributed by atoms with Gasteiger partial charge in [-0.25, -0.2) is 0 Å². The minimum Gasteiger partial charge on any atom is -0.376 e. The van der Waals surface area contributed by atoms with Gasteiger partial charge >= 0.3 is 0 Å². The van der Waals surface area contributed by atoms with Crippen molar-refractivity contribution in [2.24, 2.45) is 0 Å². The quantitative estimate of drug-likeness (QED) is 0.864. The van der Waals surface area contributed by atoms with Gasteiger partial charge < -0.3 is 10.1 Å². The van der Waals surface area contributed by atoms with E-state index in [-0.39, 0.29) is 0 Å². The monoisotopic (exact) mass is 276 g/mol. The summed E-state index contributed by atoms with van der Waals surface area (Å²) in [5.74, 6) is 0. The largest absolute Gasteiger partial charge is 0.376 e. The van der Waals surface area contributed by atoms with Crippen LogP contribution < -0.4 is 5.32 Å². The van der Waals surface area contributed by atoms with Crippen LogP contribution in [0.3, 0.4) is 0 Å². The first-order valence-electron chi connectivity index (χ1n) is 7.89. The zero-order chi connectivity index (χ0) is 14.4. The molecular weight excluding hydrogens is 248 g/mol. The maximum Gasteiger partial charge on any atom is 0.0674 e. The molecule has 0 aliphatic carbocycles. The molecule has 1 heterocycles. The van der Waals surface area contributed by atoms with Gasteiger partial charge in [-0.15, -0.1) is 0 Å². The lowest BCUT2D eigenvalue weighted by molar-refractivity contribution is -0.0210. The molecule has 2 unspecified atom stereocenters. The predicted molar refractivity (Wildman–Crippen MR) is 84.1 cm³/mol. The molecule has 1 aliphatic heterocycles. The van der Waals surface area contributed by atoms with Crippen molar-refractivity contribution in [2.75, 3.05) is 32.8 Å². The third-order valence-corrected chi connectivity index (χ3v) is 4.01. The van der Waals surface area contributed by atoms with Crippen LogP contribution in [0.4, 0.5) is 0 Å². The summed E-state index contributed by atoms with van der Waals surface area (Å²) in [5, 5.41) is 3.62. The Hall–Kier alpha value is -0.900. The number of hydrogen-bond acceptors (Lipinski definition) is 3. The number of rotatable bonds is 6. The van der Waals surface area contributed by atoms with Crippen LogP contribution in [0.2, 0.25) is 0 Å². The molecule has 1 N–H and O–H groups in total. The summed E-state index contributed by atoms with van der Waals surface area (Å²) in [6.07, 6.45) is 1.46. The molecule has 0 radical (unpaired) electrons. The van der Waals surface area contributed by atoms with Crippen molar-refractivity contribution < 1.29 is 4.74 Å². The van der Waals surface area contributed by atoms with Crippen LogP contribution in [0, 0.1) is 0 Å². The first kappa shape index (κ1) is 15.5. The van der Waals surface area contributed by atoms with Crippen molar-refractivity contribution in [2.45, 2.75) is 39.3 Å². The highest BCUT2D eigenvalue weighted by Crippen LogP contribution is 2.17. The van der Waals surface area contributed by atoms with Gasteiger partial charge in [-0.1, -0.05) is 38.1 Å². The van der Waals surface area contributed by atoms with Crippen LogP contribution in [0.25, 0.3) is 0 Å². The van der Waals surface area contributed by atoms with Gasteiger partial charge in [0.1, 0.15) is 0 Å². The fourth-order valence-corrected chi connectivity index (χ4v) is 2.83. The lowest BCUT2D eigenvalue weighted by Gasteiger charge is -2.34. The summed E-state index contributed by atoms with van der Waals surface area (Å²) in [7, 11) is 0. The Morgan fingerprint density at radius 2 is 2.05 bits per heavy atom. The number of nitrogens with one attached hydrogen (secondary N) is 1. The topological polar surface area (TPSA) is 24.5 Å². The van der Waals surface area contributed by atoms with Crippen molar-refractivity contribution >= 4 is 0 Å². The van der Waals surface area contributed by atoms with E-state index in [0.717, 1.165) is 39.2 Å². The molecule has 3 nitrogen and oxygen atoms in total. The molecule has 2 rings (SSSR count). The van der Waals surface area contributed by atoms with Crippen LogP contribution in [0.5, 0.6) is 0 Å². The molecule has 2 atom stereocenters. The van der Waals surface area contributed by atoms with Crippen LogP contribution in [-0.4, -0.2) is 43.8 Å². The highest BCUT2D eigenvalue weighted by Gasteiger charge is 2.20. The van der Waals surface area contributed by atoms with E-state index < -0.39 is 0 Å². The summed E-state index contributed by atoms with van der Waals surface area (Å²) >= 11 is 0. The minimum absolute atomic E-state index is 0.355. The van der Waals surface area contributed by atoms with Gasteiger partial charge in [-0.05, 0) is 31.0 Å². The van der Waals surface area contributed by atoms with Gasteiger partial charge in [0.15, 0.2) is 0 Å². The summed E-state index contributed by atoms with van der Waals surface area (Å²) in [4.78, 5) is 2.51. The van der Waals surface area contributed by atoms with Crippen LogP contribution in [-0.2, 0) is 11.2 Å². The molecule has 1 fully saturated rings. The standard InChI is InChI=1S/C17H28N2O/c1-4-15-6-8-16(9-7-15)17(18-5-2)13-19-10-11-20-14(3)12-19/h6-9,14,17-18H,4-5,10-13H2,1-3H3. The Morgan fingerprint density at radius 1 is 1.30 bits per heavy atom. The fourth-order valence-electron chi connectivity index (χ4n) is 2.83. The smallest absolute Gasteiger partial charge is 0.0674 e. The number of benzene rings is 1. The Bertz CT molecular complexity index is 390.